The molecule has 0 aromatic carbocycles. The molecule has 0 fully saturated rings. The Balaban J connectivity index is 0. The Morgan fingerprint density at radius 3 is 1.58 bits per heavy atom. The predicted octanol–water partition coefficient (Wildman–Crippen LogP) is 4.14. The second-order valence-corrected chi connectivity index (χ2v) is 3.96. The second kappa shape index (κ2) is 14.8. The molecule has 0 aliphatic rings. The summed E-state index contributed by atoms with van der Waals surface area (Å²) in [5.41, 5.74) is 0. The monoisotopic (exact) mass is 244 g/mol. The number of hydrogen-bond donors (Lipinski definition) is 0. The molecule has 0 amide bonds. The smallest absolute Gasteiger partial charge is 0.00313 e. The highest BCUT2D eigenvalue weighted by molar-refractivity contribution is 9.09. The van der Waals surface area contributed by atoms with E-state index in [0.717, 1.165) is 0 Å². The van der Waals surface area contributed by atoms with E-state index in [2.05, 4.69) is 22.9 Å². The zero-order chi connectivity index (χ0) is 8.36. The maximum absolute atomic E-state index is 3.44. The molecule has 0 heterocycles. The van der Waals surface area contributed by atoms with Gasteiger partial charge in [0.1, 0.15) is 0 Å². The Morgan fingerprint density at radius 2 is 1.17 bits per heavy atom. The van der Waals surface area contributed by atoms with Crippen LogP contribution in [0.15, 0.2) is 0 Å². The zero-order valence-electron chi connectivity index (χ0n) is 8.45. The third-order valence-corrected chi connectivity index (χ3v) is 2.55. The van der Waals surface area contributed by atoms with Crippen molar-refractivity contribution >= 4 is 39.0 Å². The summed E-state index contributed by atoms with van der Waals surface area (Å²) in [5, 5.41) is 1.18. The van der Waals surface area contributed by atoms with Gasteiger partial charge in [-0.05, 0) is 6.42 Å². The van der Waals surface area contributed by atoms with Gasteiger partial charge in [-0.2, -0.15) is 0 Å². The van der Waals surface area contributed by atoms with Crippen LogP contribution >= 0.6 is 15.9 Å². The molecule has 0 N–H and O–H groups in total. The molecule has 0 aromatic heterocycles. The summed E-state index contributed by atoms with van der Waals surface area (Å²) >= 11 is 3.44. The van der Waals surface area contributed by atoms with Crippen molar-refractivity contribution in [3.63, 3.8) is 0 Å². The molecule has 2 heteroatoms. The average molecular weight is 245 g/mol. The van der Waals surface area contributed by atoms with Crippen molar-refractivity contribution in [2.24, 2.45) is 0 Å². The molecule has 2 radical (unpaired) electrons. The van der Waals surface area contributed by atoms with Gasteiger partial charge in [-0.1, -0.05) is 67.8 Å². The first-order valence-corrected chi connectivity index (χ1v) is 6.10. The normalized spacial score (nSPS) is 9.50. The van der Waals surface area contributed by atoms with E-state index in [0.29, 0.717) is 0 Å². The molecule has 0 saturated carbocycles. The second-order valence-electron chi connectivity index (χ2n) is 3.16. The van der Waals surface area contributed by atoms with Crippen molar-refractivity contribution in [3.8, 4) is 0 Å². The Hall–Kier alpha value is 1.25. The third kappa shape index (κ3) is 13.8. The number of alkyl halides is 1. The Bertz CT molecular complexity index is 58.9. The molecule has 0 nitrogen and oxygen atoms in total. The molecule has 0 aliphatic carbocycles. The summed E-state index contributed by atoms with van der Waals surface area (Å²) in [6.07, 6.45) is 11.4. The fraction of sp³-hybridized carbons (Fsp3) is 1.00. The minimum absolute atomic E-state index is 0. The van der Waals surface area contributed by atoms with Gasteiger partial charge in [-0.3, -0.25) is 0 Å². The van der Waals surface area contributed by atoms with Crippen molar-refractivity contribution in [2.45, 2.75) is 58.3 Å². The molecular weight excluding hydrogens is 224 g/mol. The summed E-state index contributed by atoms with van der Waals surface area (Å²) in [6, 6.07) is 0. The highest BCUT2D eigenvalue weighted by Gasteiger charge is 1.89. The lowest BCUT2D eigenvalue weighted by Crippen LogP contribution is -1.80. The first-order valence-electron chi connectivity index (χ1n) is 4.97. The highest BCUT2D eigenvalue weighted by atomic mass is 79.9. The van der Waals surface area contributed by atoms with Crippen LogP contribution in [0, 0.1) is 0 Å². The third-order valence-electron chi connectivity index (χ3n) is 1.99. The molecule has 0 atom stereocenters. The van der Waals surface area contributed by atoms with Crippen molar-refractivity contribution in [1.82, 2.24) is 0 Å². The van der Waals surface area contributed by atoms with Crippen molar-refractivity contribution in [2.75, 3.05) is 5.33 Å². The number of hydrogen-bond acceptors (Lipinski definition) is 0. The maximum atomic E-state index is 3.44. The van der Waals surface area contributed by atoms with Gasteiger partial charge >= 0.3 is 0 Å². The van der Waals surface area contributed by atoms with Crippen LogP contribution in [-0.2, 0) is 0 Å². The molecular formula is C10H21BrMg. The molecule has 0 bridgehead atoms. The van der Waals surface area contributed by atoms with Gasteiger partial charge in [-0.25, -0.2) is 0 Å². The molecule has 0 saturated heterocycles. The van der Waals surface area contributed by atoms with Gasteiger partial charge in [0.25, 0.3) is 0 Å². The summed E-state index contributed by atoms with van der Waals surface area (Å²) in [4.78, 5) is 0. The number of rotatable bonds is 8. The summed E-state index contributed by atoms with van der Waals surface area (Å²) < 4.78 is 0. The van der Waals surface area contributed by atoms with Crippen LogP contribution in [0.25, 0.3) is 0 Å². The minimum atomic E-state index is 0. The van der Waals surface area contributed by atoms with Gasteiger partial charge in [0, 0.05) is 28.4 Å². The fourth-order valence-electron chi connectivity index (χ4n) is 1.23. The van der Waals surface area contributed by atoms with E-state index in [4.69, 9.17) is 0 Å². The van der Waals surface area contributed by atoms with E-state index < -0.39 is 0 Å². The molecule has 70 valence electrons. The van der Waals surface area contributed by atoms with E-state index in [9.17, 15) is 0 Å². The summed E-state index contributed by atoms with van der Waals surface area (Å²) in [5.74, 6) is 0. The summed E-state index contributed by atoms with van der Waals surface area (Å²) in [7, 11) is 0. The van der Waals surface area contributed by atoms with Gasteiger partial charge in [0.2, 0.25) is 0 Å². The number of halogens is 1. The molecule has 12 heavy (non-hydrogen) atoms. The molecule has 0 aliphatic heterocycles. The molecule has 0 unspecified atom stereocenters. The van der Waals surface area contributed by atoms with Crippen LogP contribution in [0.3, 0.4) is 0 Å². The lowest BCUT2D eigenvalue weighted by Gasteiger charge is -1.98. The fourth-order valence-corrected chi connectivity index (χ4v) is 1.62. The van der Waals surface area contributed by atoms with Crippen LogP contribution in [0.4, 0.5) is 0 Å². The molecule has 0 spiro atoms. The maximum Gasteiger partial charge on any atom is 0.00313 e. The van der Waals surface area contributed by atoms with Gasteiger partial charge in [0.15, 0.2) is 0 Å². The van der Waals surface area contributed by atoms with Gasteiger partial charge < -0.3 is 0 Å². The van der Waals surface area contributed by atoms with Crippen molar-refractivity contribution in [1.29, 1.82) is 0 Å². The van der Waals surface area contributed by atoms with Crippen LogP contribution in [0.2, 0.25) is 0 Å². The van der Waals surface area contributed by atoms with E-state index in [-0.39, 0.29) is 23.1 Å². The Kier molecular flexibility index (Phi) is 19.3. The largest absolute Gasteiger partial charge is 0.0928 e. The van der Waals surface area contributed by atoms with Crippen LogP contribution in [0.5, 0.6) is 0 Å². The SMILES string of the molecule is CCCCCCCCCCBr.[Mg]. The summed E-state index contributed by atoms with van der Waals surface area (Å²) in [6.45, 7) is 2.27. The topological polar surface area (TPSA) is 0 Å². The highest BCUT2D eigenvalue weighted by Crippen LogP contribution is 2.08. The standard InChI is InChI=1S/C10H21Br.Mg/c1-2-3-4-5-6-7-8-9-10-11;/h2-10H2,1H3;. The first kappa shape index (κ1) is 15.7. The lowest BCUT2D eigenvalue weighted by atomic mass is 10.1. The first-order chi connectivity index (χ1) is 5.41. The lowest BCUT2D eigenvalue weighted by molar-refractivity contribution is 0.587. The van der Waals surface area contributed by atoms with Crippen LogP contribution in [0.1, 0.15) is 58.3 Å². The van der Waals surface area contributed by atoms with E-state index in [1.807, 2.05) is 0 Å². The van der Waals surface area contributed by atoms with Gasteiger partial charge in [-0.15, -0.1) is 0 Å². The van der Waals surface area contributed by atoms with Crippen LogP contribution < -0.4 is 0 Å². The van der Waals surface area contributed by atoms with Gasteiger partial charge in [0.05, 0.1) is 0 Å². The molecule has 0 rings (SSSR count). The van der Waals surface area contributed by atoms with Crippen molar-refractivity contribution < 1.29 is 0 Å². The quantitative estimate of drug-likeness (QED) is 0.342. The predicted molar refractivity (Wildman–Crippen MR) is 62.2 cm³/mol. The number of unbranched alkanes of at least 4 members (excludes halogenated alkanes) is 7. The molecule has 0 aromatic rings. The zero-order valence-corrected chi connectivity index (χ0v) is 11.4. The minimum Gasteiger partial charge on any atom is -0.0928 e. The Morgan fingerprint density at radius 1 is 0.750 bits per heavy atom. The Labute approximate surface area is 102 Å². The average Bonchev–Trinajstić information content (AvgIpc) is 2.03. The van der Waals surface area contributed by atoms with Crippen molar-refractivity contribution in [3.05, 3.63) is 0 Å². The van der Waals surface area contributed by atoms with E-state index in [1.54, 1.807) is 0 Å². The van der Waals surface area contributed by atoms with E-state index >= 15 is 0 Å². The van der Waals surface area contributed by atoms with Crippen LogP contribution in [-0.4, -0.2) is 28.4 Å². The van der Waals surface area contributed by atoms with E-state index in [1.165, 1.54) is 56.7 Å².